The number of aromatic amines is 1. The maximum Gasteiger partial charge on any atom is 0.330 e. The lowest BCUT2D eigenvalue weighted by molar-refractivity contribution is -0.321. The molecule has 4 aromatic carbocycles. The molecule has 6 rings (SSSR count). The normalized spacial score (nSPS) is 16.5. The first kappa shape index (κ1) is 96.1. The molecule has 0 spiro atoms. The third-order valence-electron chi connectivity index (χ3n) is 23.0. The van der Waals surface area contributed by atoms with E-state index in [9.17, 15) is 34.5 Å². The molecule has 0 amide bonds. The summed E-state index contributed by atoms with van der Waals surface area (Å²) in [5.41, 5.74) is -4.56. The average Bonchev–Trinajstić information content (AvgIpc) is 1.53. The van der Waals surface area contributed by atoms with Crippen molar-refractivity contribution in [3.63, 3.8) is 0 Å². The lowest BCUT2D eigenvalue weighted by atomic mass is 9.78. The number of hydrogen-bond acceptors (Lipinski definition) is 15. The SMILES string of the molecule is CCCCCCCCCCCCCCCCCCOc1cc(C(OC(=O)CCC(=O)O)[C@@]2(O)[C@@H](COC(c3ccccc3)(c3ccc(OC)cc3)c3ccc(OC)cc3)O[C@@H](n3ccc(=O)[nH]c3=O)[C@@]2(O)OC)cc(OCCCCCCCCCCCCCCCCCC)c1OCCCCCCCCCCCCCCCCCC. The minimum absolute atomic E-state index is 0.0260. The number of benzene rings is 4. The summed E-state index contributed by atoms with van der Waals surface area (Å²) in [5.74, 6) is -3.53. The monoisotopic (exact) mass is 1590 g/mol. The molecule has 5 aromatic rings. The molecular formula is C96H150N2O16. The predicted octanol–water partition coefficient (Wildman–Crippen LogP) is 23.6. The summed E-state index contributed by atoms with van der Waals surface area (Å²) in [6.07, 6.45) is 52.1. The van der Waals surface area contributed by atoms with Crippen LogP contribution >= 0.6 is 0 Å². The molecule has 5 atom stereocenters. The third-order valence-corrected chi connectivity index (χ3v) is 23.0. The number of carbonyl (C=O) groups is 2. The Kier molecular flexibility index (Phi) is 48.4. The first-order valence-corrected chi connectivity index (χ1v) is 45.2. The number of methoxy groups -OCH3 is 3. The third kappa shape index (κ3) is 33.0. The lowest BCUT2D eigenvalue weighted by Gasteiger charge is -2.44. The second-order valence-corrected chi connectivity index (χ2v) is 32.1. The number of hydrogen-bond donors (Lipinski definition) is 4. The molecule has 1 saturated heterocycles. The standard InChI is InChI=1S/C96H150N2O16/c1-7-10-13-16-19-22-25-28-31-34-37-40-43-46-49-55-72-109-84-75-78(76-85(110-73-56-50-47-44-41-38-35-32-29-26-23-20-17-14-11-8-2)90(84)111-74-57-51-48-45-42-39-36-33-30-27-24-21-18-15-12-9-3)91(114-89(102)69-68-88(100)101)95(104)86(113-92(96(95,105)108-6)98-71-70-87(99)97-93(98)103)77-112-94(79-58-53-52-54-59-79,80-60-64-82(106-4)65-61-80)81-62-66-83(107-5)67-63-81/h52-54,58-67,70-71,75-76,86,91-92,104-105H,7-51,55-57,68-69,72-74,77H2,1-6H3,(H,100,101)(H,97,99,103)/t86-,91?,92-,95+,96-/m1/s1. The average molecular weight is 1590 g/mol. The molecule has 114 heavy (non-hydrogen) atoms. The maximum atomic E-state index is 14.8. The van der Waals surface area contributed by atoms with Crippen molar-refractivity contribution in [1.82, 2.24) is 9.55 Å². The molecule has 18 heteroatoms. The van der Waals surface area contributed by atoms with Gasteiger partial charge in [0.25, 0.3) is 5.56 Å². The fourth-order valence-corrected chi connectivity index (χ4v) is 16.1. The first-order valence-electron chi connectivity index (χ1n) is 45.2. The van der Waals surface area contributed by atoms with Crippen LogP contribution in [0.15, 0.2) is 113 Å². The van der Waals surface area contributed by atoms with Crippen molar-refractivity contribution in [1.29, 1.82) is 0 Å². The largest absolute Gasteiger partial charge is 0.497 e. The molecule has 1 aliphatic rings. The Labute approximate surface area is 685 Å². The number of carboxylic acids is 1. The van der Waals surface area contributed by atoms with Crippen LogP contribution in [0.3, 0.4) is 0 Å². The molecule has 0 saturated carbocycles. The van der Waals surface area contributed by atoms with Crippen LogP contribution in [0.1, 0.15) is 376 Å². The Bertz CT molecular complexity index is 3330. The van der Waals surface area contributed by atoms with E-state index in [0.717, 1.165) is 88.1 Å². The highest BCUT2D eigenvalue weighted by Crippen LogP contribution is 2.56. The zero-order valence-electron chi connectivity index (χ0n) is 71.3. The first-order chi connectivity index (χ1) is 55.7. The van der Waals surface area contributed by atoms with Crippen molar-refractivity contribution in [3.8, 4) is 28.7 Å². The zero-order valence-corrected chi connectivity index (χ0v) is 71.3. The van der Waals surface area contributed by atoms with Crippen molar-refractivity contribution in [2.75, 3.05) is 47.8 Å². The molecule has 1 unspecified atom stereocenters. The highest BCUT2D eigenvalue weighted by atomic mass is 16.7. The van der Waals surface area contributed by atoms with Gasteiger partial charge in [-0.25, -0.2) is 4.79 Å². The number of nitrogens with one attached hydrogen (secondary N) is 1. The van der Waals surface area contributed by atoms with E-state index >= 15 is 0 Å². The number of aromatic nitrogens is 2. The fourth-order valence-electron chi connectivity index (χ4n) is 16.1. The van der Waals surface area contributed by atoms with Crippen LogP contribution in [0.4, 0.5) is 0 Å². The number of carboxylic acid groups (broad SMARTS) is 1. The summed E-state index contributed by atoms with van der Waals surface area (Å²) in [6, 6.07) is 28.3. The summed E-state index contributed by atoms with van der Waals surface area (Å²) in [4.78, 5) is 56.4. The number of carbonyl (C=O) groups excluding carboxylic acids is 1. The highest BCUT2D eigenvalue weighted by Gasteiger charge is 2.73. The lowest BCUT2D eigenvalue weighted by Crippen LogP contribution is -2.64. The van der Waals surface area contributed by atoms with Crippen molar-refractivity contribution < 1.29 is 67.5 Å². The Hall–Kier alpha value is -6.70. The van der Waals surface area contributed by atoms with Crippen LogP contribution in [0.5, 0.6) is 28.7 Å². The second kappa shape index (κ2) is 57.4. The number of rotatable bonds is 70. The summed E-state index contributed by atoms with van der Waals surface area (Å²) in [5, 5.41) is 38.5. The minimum atomic E-state index is -3.10. The van der Waals surface area contributed by atoms with Gasteiger partial charge in [0, 0.05) is 24.9 Å². The van der Waals surface area contributed by atoms with E-state index in [4.69, 9.17) is 42.6 Å². The van der Waals surface area contributed by atoms with Crippen molar-refractivity contribution >= 4 is 11.9 Å². The van der Waals surface area contributed by atoms with E-state index in [-0.39, 0.29) is 30.3 Å². The summed E-state index contributed by atoms with van der Waals surface area (Å²) in [7, 11) is 4.25. The molecular weight excluding hydrogens is 1440 g/mol. The summed E-state index contributed by atoms with van der Waals surface area (Å²) < 4.78 is 60.0. The Morgan fingerprint density at radius 3 is 1.16 bits per heavy atom. The quantitative estimate of drug-likeness (QED) is 0.0123. The topological polar surface area (TPSA) is 233 Å². The van der Waals surface area contributed by atoms with Crippen LogP contribution in [-0.4, -0.2) is 102 Å². The van der Waals surface area contributed by atoms with E-state index in [0.29, 0.717) is 53.4 Å². The molecule has 1 aromatic heterocycles. The van der Waals surface area contributed by atoms with Crippen molar-refractivity contribution in [3.05, 3.63) is 146 Å². The molecule has 1 aliphatic heterocycles. The van der Waals surface area contributed by atoms with E-state index in [1.165, 1.54) is 231 Å². The van der Waals surface area contributed by atoms with Crippen LogP contribution in [0, 0.1) is 0 Å². The van der Waals surface area contributed by atoms with Gasteiger partial charge in [0.1, 0.15) is 23.2 Å². The van der Waals surface area contributed by atoms with Gasteiger partial charge in [0.15, 0.2) is 29.4 Å². The maximum absolute atomic E-state index is 14.8. The minimum Gasteiger partial charge on any atom is -0.497 e. The number of unbranched alkanes of at least 4 members (excludes halogenated alkanes) is 45. The molecule has 1 fully saturated rings. The Balaban J connectivity index is 1.39. The highest BCUT2D eigenvalue weighted by molar-refractivity contribution is 5.77. The van der Waals surface area contributed by atoms with Gasteiger partial charge in [0.05, 0.1) is 53.5 Å². The van der Waals surface area contributed by atoms with Crippen LogP contribution in [-0.2, 0) is 34.1 Å². The van der Waals surface area contributed by atoms with E-state index in [2.05, 4.69) is 25.8 Å². The Morgan fingerprint density at radius 1 is 0.465 bits per heavy atom. The van der Waals surface area contributed by atoms with E-state index in [1.807, 2.05) is 54.6 Å². The van der Waals surface area contributed by atoms with Gasteiger partial charge in [0.2, 0.25) is 11.5 Å². The van der Waals surface area contributed by atoms with Crippen molar-refractivity contribution in [2.24, 2.45) is 0 Å². The zero-order chi connectivity index (χ0) is 81.6. The van der Waals surface area contributed by atoms with E-state index < -0.39 is 78.1 Å². The van der Waals surface area contributed by atoms with Gasteiger partial charge in [-0.3, -0.25) is 23.9 Å². The number of esters is 1. The molecule has 18 nitrogen and oxygen atoms in total. The van der Waals surface area contributed by atoms with Crippen molar-refractivity contribution in [2.45, 2.75) is 377 Å². The van der Waals surface area contributed by atoms with Gasteiger partial charge in [-0.05, 0) is 72.4 Å². The number of aliphatic hydroxyl groups is 2. The number of H-pyrrole nitrogens is 1. The molecule has 4 N–H and O–H groups in total. The number of nitrogens with zero attached hydrogens (tertiary/aromatic N) is 1. The Morgan fingerprint density at radius 2 is 0.816 bits per heavy atom. The van der Waals surface area contributed by atoms with Crippen LogP contribution in [0.2, 0.25) is 0 Å². The smallest absolute Gasteiger partial charge is 0.330 e. The van der Waals surface area contributed by atoms with Gasteiger partial charge < -0.3 is 58.0 Å². The summed E-state index contributed by atoms with van der Waals surface area (Å²) >= 11 is 0. The second-order valence-electron chi connectivity index (χ2n) is 32.1. The van der Waals surface area contributed by atoms with Gasteiger partial charge >= 0.3 is 17.6 Å². The van der Waals surface area contributed by atoms with Gasteiger partial charge in [-0.15, -0.1) is 0 Å². The number of ether oxygens (including phenoxy) is 9. The summed E-state index contributed by atoms with van der Waals surface area (Å²) in [6.45, 7) is 7.00. The molecule has 0 aliphatic carbocycles. The number of aliphatic carboxylic acids is 1. The molecule has 0 bridgehead atoms. The van der Waals surface area contributed by atoms with Gasteiger partial charge in [-0.2, -0.15) is 0 Å². The van der Waals surface area contributed by atoms with Crippen LogP contribution in [0.25, 0.3) is 0 Å². The predicted molar refractivity (Wildman–Crippen MR) is 458 cm³/mol. The van der Waals surface area contributed by atoms with Gasteiger partial charge in [-0.1, -0.05) is 364 Å². The molecule has 2 heterocycles. The fraction of sp³-hybridized carbons (Fsp3) is 0.688. The van der Waals surface area contributed by atoms with E-state index in [1.54, 1.807) is 50.6 Å². The molecule has 640 valence electrons. The van der Waals surface area contributed by atoms with Crippen LogP contribution < -0.4 is 34.9 Å². The molecule has 0 radical (unpaired) electrons.